The smallest absolute Gasteiger partial charge is 0.155 e. The summed E-state index contributed by atoms with van der Waals surface area (Å²) in [6.07, 6.45) is 0. The van der Waals surface area contributed by atoms with Crippen LogP contribution in [0.5, 0.6) is 0 Å². The average Bonchev–Trinajstić information content (AvgIpc) is 1.46. The zero-order chi connectivity index (χ0) is 4.71. The molecule has 0 aliphatic carbocycles. The summed E-state index contributed by atoms with van der Waals surface area (Å²) in [7, 11) is 3.36. The fourth-order valence-electron chi connectivity index (χ4n) is 0. The van der Waals surface area contributed by atoms with Crippen molar-refractivity contribution in [2.24, 2.45) is 0 Å². The molecule has 0 aromatic carbocycles. The minimum absolute atomic E-state index is 0.639. The van der Waals surface area contributed by atoms with Crippen LogP contribution in [0.4, 0.5) is 0 Å². The zero-order valence-electron chi connectivity index (χ0n) is 3.46. The van der Waals surface area contributed by atoms with Gasteiger partial charge in [0.15, 0.2) is 0 Å². The zero-order valence-corrected chi connectivity index (χ0v) is 6.39. The lowest BCUT2D eigenvalue weighted by molar-refractivity contribution is 4.39. The highest BCUT2D eigenvalue weighted by atomic mass is 35.7. The summed E-state index contributed by atoms with van der Waals surface area (Å²) < 4.78 is 0. The third kappa shape index (κ3) is 49.1. The van der Waals surface area contributed by atoms with E-state index in [0.29, 0.717) is 0 Å². The van der Waals surface area contributed by atoms with Crippen LogP contribution in [0.2, 0.25) is 0 Å². The molecule has 0 aliphatic rings. The molecule has 0 saturated carbocycles. The van der Waals surface area contributed by atoms with Gasteiger partial charge in [0.25, 0.3) is 0 Å². The van der Waals surface area contributed by atoms with Gasteiger partial charge in [0.2, 0.25) is 8.14 Å². The first kappa shape index (κ1) is 9.33. The summed E-state index contributed by atoms with van der Waals surface area (Å²) in [5.41, 5.74) is 0. The molecule has 30 valence electrons. The van der Waals surface area contributed by atoms with Crippen molar-refractivity contribution in [1.29, 1.82) is 0 Å². The molecule has 0 spiro atoms. The molecule has 0 fully saturated rings. The third-order valence-electron chi connectivity index (χ3n) is 0. The standard InChI is InChI=1S/B2H4.Cl2H2Si/c1-2;1-3-2/h1-2H2;3H2. The van der Waals surface area contributed by atoms with Crippen LogP contribution in [0.25, 0.3) is 0 Å². The van der Waals surface area contributed by atoms with Gasteiger partial charge in [-0.05, 0) is 0 Å². The largest absolute Gasteiger partial charge is 0.222 e. The molecule has 0 aromatic heterocycles. The van der Waals surface area contributed by atoms with Crippen molar-refractivity contribution in [2.45, 2.75) is 0 Å². The van der Waals surface area contributed by atoms with E-state index in [9.17, 15) is 0 Å². The van der Waals surface area contributed by atoms with E-state index >= 15 is 0 Å². The van der Waals surface area contributed by atoms with Crippen molar-refractivity contribution in [3.63, 3.8) is 0 Å². The van der Waals surface area contributed by atoms with Crippen molar-refractivity contribution in [1.82, 2.24) is 0 Å². The topological polar surface area (TPSA) is 0 Å². The second-order valence-electron chi connectivity index (χ2n) is 0.101. The molecule has 0 aromatic rings. The molecular formula is H6B2Cl2Si. The van der Waals surface area contributed by atoms with Crippen molar-refractivity contribution in [3.05, 3.63) is 0 Å². The SMILES string of the molecule is BB.Cl[SiH2]Cl. The van der Waals surface area contributed by atoms with Crippen molar-refractivity contribution in [2.75, 3.05) is 0 Å². The maximum atomic E-state index is 4.90. The summed E-state index contributed by atoms with van der Waals surface area (Å²) in [5, 5.41) is 0. The molecule has 0 aliphatic heterocycles. The summed E-state index contributed by atoms with van der Waals surface area (Å²) in [6.45, 7) is 0. The van der Waals surface area contributed by atoms with E-state index in [2.05, 4.69) is 0 Å². The Labute approximate surface area is 46.3 Å². The molecule has 0 heterocycles. The van der Waals surface area contributed by atoms with Gasteiger partial charge in [0, 0.05) is 0 Å². The third-order valence-corrected chi connectivity index (χ3v) is 0. The van der Waals surface area contributed by atoms with Crippen LogP contribution in [-0.2, 0) is 0 Å². The molecular weight excluding hydrogens is 121 g/mol. The molecule has 5 heteroatoms. The normalized spacial score (nSPS) is 4.40. The van der Waals surface area contributed by atoms with Gasteiger partial charge in [-0.3, -0.25) is 0 Å². The van der Waals surface area contributed by atoms with E-state index in [0.717, 1.165) is 0 Å². The fraction of sp³-hybridized carbons (Fsp3) is 0. The lowest BCUT2D eigenvalue weighted by Crippen LogP contribution is -1.38. The number of rotatable bonds is 0. The monoisotopic (exact) mass is 126 g/mol. The molecule has 0 radical (unpaired) electrons. The molecule has 0 bridgehead atoms. The Balaban J connectivity index is 0. The second-order valence-corrected chi connectivity index (χ2v) is 2.73. The highest BCUT2D eigenvalue weighted by Gasteiger charge is 1.46. The predicted molar refractivity (Wildman–Crippen MR) is 37.3 cm³/mol. The molecule has 0 atom stereocenters. The van der Waals surface area contributed by atoms with Gasteiger partial charge in [0.05, 0.1) is 15.5 Å². The number of halogens is 2. The summed E-state index contributed by atoms with van der Waals surface area (Å²) in [4.78, 5) is 0. The predicted octanol–water partition coefficient (Wildman–Crippen LogP) is -1.37. The van der Waals surface area contributed by atoms with Crippen LogP contribution >= 0.6 is 22.2 Å². The number of hydrogen-bond donors (Lipinski definition) is 0. The Bertz CT molecular complexity index is 7.61. The van der Waals surface area contributed by atoms with E-state index in [4.69, 9.17) is 22.2 Å². The fourth-order valence-corrected chi connectivity index (χ4v) is 0. The van der Waals surface area contributed by atoms with Crippen LogP contribution in [0.1, 0.15) is 0 Å². The van der Waals surface area contributed by atoms with Crippen LogP contribution in [-0.4, -0.2) is 23.6 Å². The van der Waals surface area contributed by atoms with Gasteiger partial charge in [-0.25, -0.2) is 0 Å². The first-order valence-corrected chi connectivity index (χ1v) is 5.81. The Morgan fingerprint density at radius 2 is 1.20 bits per heavy atom. The maximum absolute atomic E-state index is 4.90. The van der Waals surface area contributed by atoms with Crippen molar-refractivity contribution >= 4 is 45.8 Å². The van der Waals surface area contributed by atoms with E-state index in [-0.39, 0.29) is 0 Å². The van der Waals surface area contributed by atoms with E-state index in [1.807, 2.05) is 15.5 Å². The Hall–Kier alpha value is 0.927. The van der Waals surface area contributed by atoms with Gasteiger partial charge in [0.1, 0.15) is 0 Å². The molecule has 0 nitrogen and oxygen atoms in total. The van der Waals surface area contributed by atoms with Gasteiger partial charge >= 0.3 is 0 Å². The average molecular weight is 127 g/mol. The van der Waals surface area contributed by atoms with Crippen molar-refractivity contribution in [3.8, 4) is 0 Å². The molecule has 0 saturated heterocycles. The first-order chi connectivity index (χ1) is 2.41. The Kier molecular flexibility index (Phi) is 38.2. The van der Waals surface area contributed by atoms with Gasteiger partial charge in [-0.15, -0.1) is 0 Å². The lowest BCUT2D eigenvalue weighted by Gasteiger charge is -1.39. The highest BCUT2D eigenvalue weighted by Crippen LogP contribution is 1.67. The van der Waals surface area contributed by atoms with Crippen LogP contribution in [0, 0.1) is 0 Å². The van der Waals surface area contributed by atoms with E-state index < -0.39 is 8.14 Å². The maximum Gasteiger partial charge on any atom is 0.222 e. The van der Waals surface area contributed by atoms with Crippen molar-refractivity contribution < 1.29 is 0 Å². The van der Waals surface area contributed by atoms with Gasteiger partial charge in [-0.1, -0.05) is 0 Å². The van der Waals surface area contributed by atoms with Crippen LogP contribution in [0.3, 0.4) is 0 Å². The van der Waals surface area contributed by atoms with E-state index in [1.54, 1.807) is 0 Å². The van der Waals surface area contributed by atoms with Gasteiger partial charge < -0.3 is 0 Å². The summed E-state index contributed by atoms with van der Waals surface area (Å²) >= 11 is 9.81. The second kappa shape index (κ2) is 20.5. The summed E-state index contributed by atoms with van der Waals surface area (Å²) in [5.74, 6) is 0. The minimum Gasteiger partial charge on any atom is -0.155 e. The van der Waals surface area contributed by atoms with E-state index in [1.165, 1.54) is 0 Å². The highest BCUT2D eigenvalue weighted by molar-refractivity contribution is 7.22. The number of hydrogen-bond acceptors (Lipinski definition) is 0. The quantitative estimate of drug-likeness (QED) is 0.278. The molecule has 0 amide bonds. The first-order valence-electron chi connectivity index (χ1n) is 1.53. The molecule has 0 unspecified atom stereocenters. The molecule has 0 N–H and O–H groups in total. The lowest BCUT2D eigenvalue weighted by atomic mass is 9.81. The minimum atomic E-state index is -0.639. The Morgan fingerprint density at radius 3 is 1.20 bits per heavy atom. The van der Waals surface area contributed by atoms with Gasteiger partial charge in [-0.2, -0.15) is 22.2 Å². The van der Waals surface area contributed by atoms with Crippen LogP contribution in [0.15, 0.2) is 0 Å². The van der Waals surface area contributed by atoms with Crippen LogP contribution < -0.4 is 0 Å². The molecule has 5 heavy (non-hydrogen) atoms. The Morgan fingerprint density at radius 1 is 1.20 bits per heavy atom. The summed E-state index contributed by atoms with van der Waals surface area (Å²) in [6, 6.07) is 0. The molecule has 0 rings (SSSR count).